The quantitative estimate of drug-likeness (QED) is 0.556. The molecule has 0 aromatic carbocycles. The van der Waals surface area contributed by atoms with Gasteiger partial charge < -0.3 is 25.0 Å². The second-order valence-corrected chi connectivity index (χ2v) is 3.83. The Kier molecular flexibility index (Phi) is 9.42. The Morgan fingerprint density at radius 3 is 2.50 bits per heavy atom. The van der Waals surface area contributed by atoms with Crippen LogP contribution in [0.15, 0.2) is 0 Å². The number of nitrogens with one attached hydrogen (secondary N) is 1. The molecule has 0 aliphatic carbocycles. The maximum atomic E-state index is 9.87. The summed E-state index contributed by atoms with van der Waals surface area (Å²) < 4.78 is 10.6. The van der Waals surface area contributed by atoms with Gasteiger partial charge in [0.25, 0.3) is 0 Å². The summed E-state index contributed by atoms with van der Waals surface area (Å²) in [7, 11) is 3.41. The van der Waals surface area contributed by atoms with Crippen LogP contribution >= 0.6 is 0 Å². The van der Waals surface area contributed by atoms with Gasteiger partial charge in [0.1, 0.15) is 18.3 Å². The van der Waals surface area contributed by atoms with E-state index in [9.17, 15) is 5.11 Å². The van der Waals surface area contributed by atoms with Crippen molar-refractivity contribution >= 4 is 0 Å². The molecule has 1 heterocycles. The summed E-state index contributed by atoms with van der Waals surface area (Å²) >= 11 is 0. The van der Waals surface area contributed by atoms with E-state index in [1.807, 2.05) is 7.05 Å². The van der Waals surface area contributed by atoms with Crippen LogP contribution in [-0.2, 0) is 42.2 Å². The van der Waals surface area contributed by atoms with E-state index in [1.54, 1.807) is 0 Å². The molecule has 3 N–H and O–H groups in total. The van der Waals surface area contributed by atoms with Gasteiger partial charge in [0.2, 0.25) is 0 Å². The number of methoxy groups -OCH3 is 1. The van der Waals surface area contributed by atoms with E-state index >= 15 is 0 Å². The minimum atomic E-state index is -0.635. The van der Waals surface area contributed by atoms with Gasteiger partial charge in [-0.1, -0.05) is 0 Å². The first kappa shape index (κ1) is 16.9. The van der Waals surface area contributed by atoms with Crippen LogP contribution in [0.1, 0.15) is 12.8 Å². The topological polar surface area (TPSA) is 71.0 Å². The van der Waals surface area contributed by atoms with Crippen molar-refractivity contribution in [1.29, 1.82) is 0 Å². The van der Waals surface area contributed by atoms with Crippen LogP contribution in [0.25, 0.3) is 0 Å². The fourth-order valence-corrected chi connectivity index (χ4v) is 1.97. The van der Waals surface area contributed by atoms with E-state index in [4.69, 9.17) is 14.6 Å². The molecule has 1 radical (unpaired) electrons. The standard InChI is InChI=1S/C10H21NO4.Y/c1-11-5-3-4-7-9(13)10(14-2)8(6-12)15-7;/h7-13H,3-6H2,1-2H3;. The van der Waals surface area contributed by atoms with Gasteiger partial charge >= 0.3 is 0 Å². The number of rotatable bonds is 6. The number of aliphatic hydroxyl groups is 2. The van der Waals surface area contributed by atoms with Crippen molar-refractivity contribution in [1.82, 2.24) is 5.32 Å². The fraction of sp³-hybridized carbons (Fsp3) is 1.00. The first-order valence-electron chi connectivity index (χ1n) is 5.36. The summed E-state index contributed by atoms with van der Waals surface area (Å²) in [6.45, 7) is 0.784. The summed E-state index contributed by atoms with van der Waals surface area (Å²) in [5.74, 6) is 0. The largest absolute Gasteiger partial charge is 0.394 e. The molecule has 0 saturated carbocycles. The van der Waals surface area contributed by atoms with Crippen LogP contribution in [0.5, 0.6) is 0 Å². The van der Waals surface area contributed by atoms with Crippen molar-refractivity contribution in [3.8, 4) is 0 Å². The molecule has 1 rings (SSSR count). The maximum Gasteiger partial charge on any atom is 0.114 e. The molecule has 1 aliphatic heterocycles. The molecule has 6 heteroatoms. The Morgan fingerprint density at radius 2 is 2.06 bits per heavy atom. The first-order chi connectivity index (χ1) is 7.24. The number of hydrogen-bond donors (Lipinski definition) is 3. The monoisotopic (exact) mass is 308 g/mol. The van der Waals surface area contributed by atoms with Gasteiger partial charge in [0, 0.05) is 39.8 Å². The molecule has 5 nitrogen and oxygen atoms in total. The molecular formula is C10H21NO4Y. The Balaban J connectivity index is 0.00000225. The molecule has 0 spiro atoms. The van der Waals surface area contributed by atoms with Gasteiger partial charge in [-0.05, 0) is 26.4 Å². The average Bonchev–Trinajstić information content (AvgIpc) is 2.55. The molecule has 1 saturated heterocycles. The molecule has 0 aromatic heterocycles. The van der Waals surface area contributed by atoms with Crippen LogP contribution < -0.4 is 5.32 Å². The van der Waals surface area contributed by atoms with Gasteiger partial charge in [-0.3, -0.25) is 0 Å². The van der Waals surface area contributed by atoms with Crippen LogP contribution in [0.2, 0.25) is 0 Å². The summed E-state index contributed by atoms with van der Waals surface area (Å²) in [4.78, 5) is 0. The summed E-state index contributed by atoms with van der Waals surface area (Å²) in [5, 5.41) is 22.0. The molecule has 4 atom stereocenters. The van der Waals surface area contributed by atoms with E-state index in [-0.39, 0.29) is 45.4 Å². The minimum Gasteiger partial charge on any atom is -0.394 e. The zero-order valence-corrected chi connectivity index (χ0v) is 12.8. The molecule has 1 aliphatic rings. The molecule has 0 amide bonds. The average molecular weight is 308 g/mol. The second kappa shape index (κ2) is 8.92. The Bertz CT molecular complexity index is 184. The summed E-state index contributed by atoms with van der Waals surface area (Å²) in [5.41, 5.74) is 0. The Hall–Kier alpha value is 0.904. The zero-order valence-electron chi connectivity index (χ0n) is 9.93. The second-order valence-electron chi connectivity index (χ2n) is 3.83. The predicted molar refractivity (Wildman–Crippen MR) is 55.7 cm³/mol. The first-order valence-corrected chi connectivity index (χ1v) is 5.36. The SMILES string of the molecule is CNCCCC1OC(CO)C(OC)C1O.[Y]. The van der Waals surface area contributed by atoms with E-state index in [0.29, 0.717) is 0 Å². The van der Waals surface area contributed by atoms with E-state index in [2.05, 4.69) is 5.32 Å². The normalized spacial score (nSPS) is 33.8. The van der Waals surface area contributed by atoms with Gasteiger partial charge in [-0.15, -0.1) is 0 Å². The van der Waals surface area contributed by atoms with E-state index in [1.165, 1.54) is 7.11 Å². The van der Waals surface area contributed by atoms with Crippen LogP contribution in [0.3, 0.4) is 0 Å². The van der Waals surface area contributed by atoms with Gasteiger partial charge in [-0.2, -0.15) is 0 Å². The molecule has 16 heavy (non-hydrogen) atoms. The van der Waals surface area contributed by atoms with E-state index in [0.717, 1.165) is 19.4 Å². The zero-order chi connectivity index (χ0) is 11.3. The van der Waals surface area contributed by atoms with E-state index < -0.39 is 18.3 Å². The van der Waals surface area contributed by atoms with Gasteiger partial charge in [-0.25, -0.2) is 0 Å². The number of ether oxygens (including phenoxy) is 2. The van der Waals surface area contributed by atoms with Crippen LogP contribution in [-0.4, -0.2) is 61.9 Å². The third kappa shape index (κ3) is 4.29. The van der Waals surface area contributed by atoms with Crippen molar-refractivity contribution in [2.75, 3.05) is 27.3 Å². The van der Waals surface area contributed by atoms with Crippen molar-refractivity contribution in [2.24, 2.45) is 0 Å². The molecule has 4 unspecified atom stereocenters. The molecule has 0 bridgehead atoms. The van der Waals surface area contributed by atoms with Gasteiger partial charge in [0.15, 0.2) is 0 Å². The molecular weight excluding hydrogens is 287 g/mol. The van der Waals surface area contributed by atoms with Crippen LogP contribution in [0.4, 0.5) is 0 Å². The number of hydrogen-bond acceptors (Lipinski definition) is 5. The Morgan fingerprint density at radius 1 is 1.38 bits per heavy atom. The summed E-state index contributed by atoms with van der Waals surface area (Å²) in [6.07, 6.45) is 0.0502. The summed E-state index contributed by atoms with van der Waals surface area (Å²) in [6, 6.07) is 0. The third-order valence-electron chi connectivity index (χ3n) is 2.80. The third-order valence-corrected chi connectivity index (χ3v) is 2.80. The van der Waals surface area contributed by atoms with Gasteiger partial charge in [0.05, 0.1) is 12.7 Å². The van der Waals surface area contributed by atoms with Crippen molar-refractivity contribution in [2.45, 2.75) is 37.3 Å². The van der Waals surface area contributed by atoms with Crippen molar-refractivity contribution in [3.05, 3.63) is 0 Å². The Labute approximate surface area is 122 Å². The molecule has 93 valence electrons. The number of aliphatic hydroxyl groups excluding tert-OH is 2. The van der Waals surface area contributed by atoms with Crippen molar-refractivity contribution < 1.29 is 52.4 Å². The maximum absolute atomic E-state index is 9.87. The fourth-order valence-electron chi connectivity index (χ4n) is 1.97. The predicted octanol–water partition coefficient (Wildman–Crippen LogP) is -0.881. The van der Waals surface area contributed by atoms with Crippen molar-refractivity contribution in [3.63, 3.8) is 0 Å². The molecule has 1 fully saturated rings. The van der Waals surface area contributed by atoms with Crippen LogP contribution in [0, 0.1) is 0 Å². The minimum absolute atomic E-state index is 0. The molecule has 0 aromatic rings. The smallest absolute Gasteiger partial charge is 0.114 e.